The van der Waals surface area contributed by atoms with Gasteiger partial charge in [0.05, 0.1) is 11.2 Å². The summed E-state index contributed by atoms with van der Waals surface area (Å²) in [4.78, 5) is 0. The van der Waals surface area contributed by atoms with E-state index in [0.29, 0.717) is 5.92 Å². The molecule has 1 fully saturated rings. The monoisotopic (exact) mass is 604 g/mol. The van der Waals surface area contributed by atoms with E-state index in [4.69, 9.17) is 9.31 Å². The summed E-state index contributed by atoms with van der Waals surface area (Å²) in [7, 11) is -0.193. The van der Waals surface area contributed by atoms with Crippen LogP contribution in [0.1, 0.15) is 79.8 Å². The lowest BCUT2D eigenvalue weighted by molar-refractivity contribution is 0.00578. The van der Waals surface area contributed by atoms with Crippen molar-refractivity contribution in [2.45, 2.75) is 70.4 Å². The zero-order valence-electron chi connectivity index (χ0n) is 27.7. The van der Waals surface area contributed by atoms with Gasteiger partial charge in [0.2, 0.25) is 0 Å². The van der Waals surface area contributed by atoms with Crippen LogP contribution in [0.15, 0.2) is 146 Å². The van der Waals surface area contributed by atoms with Gasteiger partial charge in [-0.15, -0.1) is 0 Å². The maximum Gasteiger partial charge on any atom is 0.458 e. The van der Waals surface area contributed by atoms with E-state index in [0.717, 1.165) is 25.6 Å². The number of hydrogen-bond acceptors (Lipinski definition) is 2. The molecule has 3 heteroatoms. The predicted molar refractivity (Wildman–Crippen MR) is 194 cm³/mol. The van der Waals surface area contributed by atoms with Crippen molar-refractivity contribution in [1.29, 1.82) is 0 Å². The Hall–Kier alpha value is -4.18. The van der Waals surface area contributed by atoms with Crippen LogP contribution in [0.4, 0.5) is 0 Å². The molecule has 0 N–H and O–H groups in total. The van der Waals surface area contributed by atoms with Gasteiger partial charge in [0.25, 0.3) is 0 Å². The molecule has 0 amide bonds. The number of rotatable bonds is 11. The molecule has 1 aliphatic heterocycles. The molecule has 46 heavy (non-hydrogen) atoms. The Bertz CT molecular complexity index is 1650. The standard InChI is InChI=1S/C43H45BO2/c1-42(2)43(3,4)46-44(45-42)32-39(34-19-9-5-10-20-34)27-17-18-33-28-30-38(31-29-33)41(37-25-15-8-16-26-37)40(35-21-11-6-12-22-35)36-23-13-7-14-24-36/h5-16,19-26,28-31,39H,17-18,27,32H2,1-4H3/t39-/m0/s1. The van der Waals surface area contributed by atoms with Crippen LogP contribution < -0.4 is 0 Å². The molecule has 6 rings (SSSR count). The minimum Gasteiger partial charge on any atom is -0.403 e. The van der Waals surface area contributed by atoms with Crippen LogP contribution in [0.5, 0.6) is 0 Å². The highest BCUT2D eigenvalue weighted by Crippen LogP contribution is 2.41. The SMILES string of the molecule is CC1(C)OB(C[C@H](CCCc2ccc(C(=C(c3ccccc3)c3ccccc3)c3ccccc3)cc2)c2ccccc2)OC1(C)C. The van der Waals surface area contributed by atoms with E-state index in [2.05, 4.69) is 173 Å². The largest absolute Gasteiger partial charge is 0.458 e. The summed E-state index contributed by atoms with van der Waals surface area (Å²) in [6.07, 6.45) is 4.07. The Morgan fingerprint density at radius 3 is 1.35 bits per heavy atom. The summed E-state index contributed by atoms with van der Waals surface area (Å²) in [5, 5.41) is 0. The molecule has 1 saturated heterocycles. The molecule has 0 spiro atoms. The number of hydrogen-bond donors (Lipinski definition) is 0. The first-order valence-corrected chi connectivity index (χ1v) is 16.7. The summed E-state index contributed by atoms with van der Waals surface area (Å²) in [6, 6.07) is 52.4. The van der Waals surface area contributed by atoms with Gasteiger partial charge in [0, 0.05) is 0 Å². The molecule has 2 nitrogen and oxygen atoms in total. The van der Waals surface area contributed by atoms with E-state index in [1.165, 1.54) is 44.5 Å². The first-order valence-electron chi connectivity index (χ1n) is 16.7. The summed E-state index contributed by atoms with van der Waals surface area (Å²) >= 11 is 0. The van der Waals surface area contributed by atoms with Crippen LogP contribution in [0.2, 0.25) is 6.32 Å². The van der Waals surface area contributed by atoms with Crippen LogP contribution in [0.3, 0.4) is 0 Å². The summed E-state index contributed by atoms with van der Waals surface area (Å²) in [6.45, 7) is 8.54. The molecule has 0 bridgehead atoms. The van der Waals surface area contributed by atoms with Gasteiger partial charge in [0.15, 0.2) is 0 Å². The fraction of sp³-hybridized carbons (Fsp3) is 0.256. The van der Waals surface area contributed by atoms with Gasteiger partial charge in [-0.2, -0.15) is 0 Å². The second-order valence-corrected chi connectivity index (χ2v) is 13.5. The fourth-order valence-electron chi connectivity index (χ4n) is 6.56. The van der Waals surface area contributed by atoms with Crippen LogP contribution in [0, 0.1) is 0 Å². The molecule has 1 atom stereocenters. The van der Waals surface area contributed by atoms with E-state index in [9.17, 15) is 0 Å². The highest BCUT2D eigenvalue weighted by atomic mass is 16.7. The van der Waals surface area contributed by atoms with E-state index in [-0.39, 0.29) is 18.3 Å². The van der Waals surface area contributed by atoms with Gasteiger partial charge in [-0.3, -0.25) is 0 Å². The van der Waals surface area contributed by atoms with Crippen LogP contribution >= 0.6 is 0 Å². The summed E-state index contributed by atoms with van der Waals surface area (Å²) < 4.78 is 12.8. The van der Waals surface area contributed by atoms with Crippen LogP contribution in [-0.2, 0) is 15.7 Å². The molecule has 0 aliphatic carbocycles. The van der Waals surface area contributed by atoms with Crippen molar-refractivity contribution in [3.8, 4) is 0 Å². The van der Waals surface area contributed by atoms with Crippen molar-refractivity contribution in [2.24, 2.45) is 0 Å². The van der Waals surface area contributed by atoms with Gasteiger partial charge >= 0.3 is 7.12 Å². The molecule has 0 saturated carbocycles. The lowest BCUT2D eigenvalue weighted by Gasteiger charge is -2.32. The zero-order chi connectivity index (χ0) is 32.0. The zero-order valence-corrected chi connectivity index (χ0v) is 27.7. The first kappa shape index (κ1) is 31.8. The minimum absolute atomic E-state index is 0.193. The van der Waals surface area contributed by atoms with Gasteiger partial charge in [0.1, 0.15) is 0 Å². The Morgan fingerprint density at radius 1 is 0.522 bits per heavy atom. The quantitative estimate of drug-likeness (QED) is 0.110. The molecule has 1 aliphatic rings. The van der Waals surface area contributed by atoms with Crippen molar-refractivity contribution < 1.29 is 9.31 Å². The van der Waals surface area contributed by atoms with Gasteiger partial charge in [-0.1, -0.05) is 146 Å². The summed E-state index contributed by atoms with van der Waals surface area (Å²) in [5.41, 5.74) is 9.45. The van der Waals surface area contributed by atoms with Crippen molar-refractivity contribution in [2.75, 3.05) is 0 Å². The Balaban J connectivity index is 1.24. The second kappa shape index (κ2) is 14.1. The maximum absolute atomic E-state index is 6.41. The molecular formula is C43H45BO2. The number of benzene rings is 5. The highest BCUT2D eigenvalue weighted by molar-refractivity contribution is 6.45. The van der Waals surface area contributed by atoms with Crippen LogP contribution in [0.25, 0.3) is 11.1 Å². The molecule has 5 aromatic rings. The average Bonchev–Trinajstić information content (AvgIpc) is 3.29. The molecule has 0 aromatic heterocycles. The van der Waals surface area contributed by atoms with Gasteiger partial charge in [-0.05, 0) is 104 Å². The molecule has 232 valence electrons. The lowest BCUT2D eigenvalue weighted by atomic mass is 9.73. The minimum atomic E-state index is -0.311. The third-order valence-electron chi connectivity index (χ3n) is 9.75. The van der Waals surface area contributed by atoms with E-state index in [1.54, 1.807) is 0 Å². The topological polar surface area (TPSA) is 18.5 Å². The Labute approximate surface area is 276 Å². The normalized spacial score (nSPS) is 15.8. The highest BCUT2D eigenvalue weighted by Gasteiger charge is 2.51. The average molecular weight is 605 g/mol. The van der Waals surface area contributed by atoms with E-state index in [1.807, 2.05) is 0 Å². The summed E-state index contributed by atoms with van der Waals surface area (Å²) in [5.74, 6) is 0.377. The Morgan fingerprint density at radius 2 is 0.913 bits per heavy atom. The maximum atomic E-state index is 6.41. The fourth-order valence-corrected chi connectivity index (χ4v) is 6.56. The predicted octanol–water partition coefficient (Wildman–Crippen LogP) is 10.9. The molecule has 0 radical (unpaired) electrons. The third kappa shape index (κ3) is 7.28. The van der Waals surface area contributed by atoms with E-state index >= 15 is 0 Å². The smallest absolute Gasteiger partial charge is 0.403 e. The molecule has 1 heterocycles. The second-order valence-electron chi connectivity index (χ2n) is 13.5. The van der Waals surface area contributed by atoms with Crippen LogP contribution in [-0.4, -0.2) is 18.3 Å². The first-order chi connectivity index (χ1) is 22.3. The van der Waals surface area contributed by atoms with Crippen molar-refractivity contribution >= 4 is 18.3 Å². The lowest BCUT2D eigenvalue weighted by Crippen LogP contribution is -2.41. The van der Waals surface area contributed by atoms with Crippen molar-refractivity contribution in [3.05, 3.63) is 179 Å². The molecular weight excluding hydrogens is 559 g/mol. The third-order valence-corrected chi connectivity index (χ3v) is 9.75. The molecule has 5 aromatic carbocycles. The Kier molecular flexibility index (Phi) is 9.73. The molecule has 0 unspecified atom stereocenters. The van der Waals surface area contributed by atoms with Gasteiger partial charge < -0.3 is 9.31 Å². The van der Waals surface area contributed by atoms with Gasteiger partial charge in [-0.25, -0.2) is 0 Å². The van der Waals surface area contributed by atoms with Crippen molar-refractivity contribution in [1.82, 2.24) is 0 Å². The number of aryl methyl sites for hydroxylation is 1. The van der Waals surface area contributed by atoms with Crippen molar-refractivity contribution in [3.63, 3.8) is 0 Å². The van der Waals surface area contributed by atoms with E-state index < -0.39 is 0 Å².